The number of rotatable bonds is 0. The first-order valence-electron chi connectivity index (χ1n) is 14.1. The van der Waals surface area contributed by atoms with Gasteiger partial charge in [-0.2, -0.15) is 0 Å². The lowest BCUT2D eigenvalue weighted by Gasteiger charge is -2.73. The second-order valence-electron chi connectivity index (χ2n) is 15.7. The van der Waals surface area contributed by atoms with Gasteiger partial charge in [-0.25, -0.2) is 0 Å². The molecule has 0 aromatic carbocycles. The molecular formula is C30H50O2. The highest BCUT2D eigenvalue weighted by molar-refractivity contribution is 5.21. The Kier molecular flexibility index (Phi) is 4.46. The van der Waals surface area contributed by atoms with Gasteiger partial charge in [-0.3, -0.25) is 0 Å². The first-order valence-corrected chi connectivity index (χ1v) is 14.1. The second kappa shape index (κ2) is 6.37. The first-order chi connectivity index (χ1) is 14.8. The fourth-order valence-corrected chi connectivity index (χ4v) is 12.0. The Balaban J connectivity index is 1.39. The van der Waals surface area contributed by atoms with Crippen molar-refractivity contribution in [3.8, 4) is 0 Å². The van der Waals surface area contributed by atoms with Gasteiger partial charge in [0.25, 0.3) is 0 Å². The third-order valence-electron chi connectivity index (χ3n) is 14.1. The summed E-state index contributed by atoms with van der Waals surface area (Å²) in [6.45, 7) is 18.9. The van der Waals surface area contributed by atoms with E-state index in [4.69, 9.17) is 4.74 Å². The van der Waals surface area contributed by atoms with E-state index in [0.29, 0.717) is 39.1 Å². The summed E-state index contributed by atoms with van der Waals surface area (Å²) in [7, 11) is 0. The van der Waals surface area contributed by atoms with Crippen LogP contribution in [0.15, 0.2) is 0 Å². The molecule has 1 heterocycles. The number of hydrogen-bond acceptors (Lipinski definition) is 2. The average Bonchev–Trinajstić information content (AvgIpc) is 3.05. The molecule has 5 aliphatic carbocycles. The SMILES string of the molecule is CC1(C)CC[C@]23CC[C@]4(C)[C@H](CC[C@@H]5[C@@]6(C)CC[C@H](O)C(C)(C)[C@@H]6CC[C@]54C)C2[C@H]1OC3. The maximum absolute atomic E-state index is 10.9. The van der Waals surface area contributed by atoms with Crippen molar-refractivity contribution in [1.29, 1.82) is 0 Å². The molecular weight excluding hydrogens is 392 g/mol. The normalized spacial score (nSPS) is 60.0. The van der Waals surface area contributed by atoms with Crippen molar-refractivity contribution in [2.75, 3.05) is 6.61 Å². The molecule has 6 fully saturated rings. The molecule has 5 saturated carbocycles. The van der Waals surface area contributed by atoms with E-state index in [-0.39, 0.29) is 11.5 Å². The van der Waals surface area contributed by atoms with E-state index >= 15 is 0 Å². The van der Waals surface area contributed by atoms with E-state index in [2.05, 4.69) is 48.5 Å². The largest absolute Gasteiger partial charge is 0.393 e. The molecule has 0 amide bonds. The van der Waals surface area contributed by atoms with Gasteiger partial charge in [-0.15, -0.1) is 0 Å². The zero-order valence-electron chi connectivity index (χ0n) is 22.1. The lowest BCUT2D eigenvalue weighted by molar-refractivity contribution is -0.252. The first kappa shape index (κ1) is 22.4. The van der Waals surface area contributed by atoms with Crippen molar-refractivity contribution >= 4 is 0 Å². The van der Waals surface area contributed by atoms with Crippen molar-refractivity contribution in [2.45, 2.75) is 125 Å². The highest BCUT2D eigenvalue weighted by Crippen LogP contribution is 2.78. The minimum absolute atomic E-state index is 0.0586. The van der Waals surface area contributed by atoms with Crippen LogP contribution in [-0.2, 0) is 4.74 Å². The van der Waals surface area contributed by atoms with Crippen LogP contribution in [0.25, 0.3) is 0 Å². The molecule has 10 atom stereocenters. The van der Waals surface area contributed by atoms with E-state index in [1.165, 1.54) is 57.8 Å². The van der Waals surface area contributed by atoms with E-state index in [9.17, 15) is 5.11 Å². The molecule has 0 radical (unpaired) electrons. The highest BCUT2D eigenvalue weighted by atomic mass is 16.5. The fraction of sp³-hybridized carbons (Fsp3) is 1.00. The van der Waals surface area contributed by atoms with Gasteiger partial charge >= 0.3 is 0 Å². The summed E-state index contributed by atoms with van der Waals surface area (Å²) in [4.78, 5) is 0. The summed E-state index contributed by atoms with van der Waals surface area (Å²) < 4.78 is 6.71. The average molecular weight is 443 g/mol. The van der Waals surface area contributed by atoms with E-state index in [1.807, 2.05) is 0 Å². The van der Waals surface area contributed by atoms with Crippen LogP contribution >= 0.6 is 0 Å². The van der Waals surface area contributed by atoms with Crippen LogP contribution < -0.4 is 0 Å². The van der Waals surface area contributed by atoms with Crippen molar-refractivity contribution in [1.82, 2.24) is 0 Å². The Morgan fingerprint density at radius 3 is 2.16 bits per heavy atom. The second-order valence-corrected chi connectivity index (χ2v) is 15.7. The predicted octanol–water partition coefficient (Wildman–Crippen LogP) is 7.24. The van der Waals surface area contributed by atoms with E-state index in [1.54, 1.807) is 0 Å². The zero-order valence-corrected chi connectivity index (χ0v) is 22.1. The summed E-state index contributed by atoms with van der Waals surface area (Å²) in [5.41, 5.74) is 2.16. The maximum atomic E-state index is 10.9. The van der Waals surface area contributed by atoms with Crippen LogP contribution in [0.2, 0.25) is 0 Å². The fourth-order valence-electron chi connectivity index (χ4n) is 12.0. The minimum Gasteiger partial charge on any atom is -0.393 e. The molecule has 6 rings (SSSR count). The quantitative estimate of drug-likeness (QED) is 0.428. The molecule has 0 aromatic heterocycles. The highest BCUT2D eigenvalue weighted by Gasteiger charge is 2.72. The molecule has 2 heteroatoms. The molecule has 2 nitrogen and oxygen atoms in total. The third kappa shape index (κ3) is 2.41. The Morgan fingerprint density at radius 2 is 1.41 bits per heavy atom. The van der Waals surface area contributed by atoms with Gasteiger partial charge in [0.2, 0.25) is 0 Å². The molecule has 1 N–H and O–H groups in total. The third-order valence-corrected chi connectivity index (χ3v) is 14.1. The number of ether oxygens (including phenoxy) is 1. The van der Waals surface area contributed by atoms with Gasteiger partial charge in [0.15, 0.2) is 0 Å². The van der Waals surface area contributed by atoms with Crippen molar-refractivity contribution in [3.63, 3.8) is 0 Å². The molecule has 0 spiro atoms. The summed E-state index contributed by atoms with van der Waals surface area (Å²) in [5.74, 6) is 3.11. The van der Waals surface area contributed by atoms with Crippen LogP contribution in [0.5, 0.6) is 0 Å². The zero-order chi connectivity index (χ0) is 22.9. The Labute approximate surface area is 197 Å². The summed E-state index contributed by atoms with van der Waals surface area (Å²) in [6.07, 6.45) is 13.7. The van der Waals surface area contributed by atoms with E-state index in [0.717, 1.165) is 30.8 Å². The van der Waals surface area contributed by atoms with Gasteiger partial charge < -0.3 is 9.84 Å². The monoisotopic (exact) mass is 442 g/mol. The molecule has 2 bridgehead atoms. The van der Waals surface area contributed by atoms with Crippen LogP contribution in [0, 0.1) is 56.2 Å². The van der Waals surface area contributed by atoms with Crippen molar-refractivity contribution in [2.24, 2.45) is 56.2 Å². The van der Waals surface area contributed by atoms with Crippen molar-refractivity contribution < 1.29 is 9.84 Å². The Hall–Kier alpha value is -0.0800. The van der Waals surface area contributed by atoms with Crippen LogP contribution in [0.1, 0.15) is 113 Å². The predicted molar refractivity (Wildman–Crippen MR) is 130 cm³/mol. The van der Waals surface area contributed by atoms with E-state index < -0.39 is 0 Å². The smallest absolute Gasteiger partial charge is 0.0663 e. The van der Waals surface area contributed by atoms with Gasteiger partial charge in [-0.1, -0.05) is 48.5 Å². The molecule has 32 heavy (non-hydrogen) atoms. The Morgan fingerprint density at radius 1 is 0.688 bits per heavy atom. The van der Waals surface area contributed by atoms with Crippen LogP contribution in [0.4, 0.5) is 0 Å². The Bertz CT molecular complexity index is 801. The van der Waals surface area contributed by atoms with Crippen molar-refractivity contribution in [3.05, 3.63) is 0 Å². The maximum Gasteiger partial charge on any atom is 0.0663 e. The number of aliphatic hydroxyl groups excluding tert-OH is 1. The van der Waals surface area contributed by atoms with Crippen LogP contribution in [-0.4, -0.2) is 23.9 Å². The molecule has 1 aliphatic heterocycles. The topological polar surface area (TPSA) is 29.5 Å². The van der Waals surface area contributed by atoms with Gasteiger partial charge in [-0.05, 0) is 120 Å². The number of hydrogen-bond donors (Lipinski definition) is 1. The molecule has 6 aliphatic rings. The van der Waals surface area contributed by atoms with Gasteiger partial charge in [0, 0.05) is 0 Å². The molecule has 1 unspecified atom stereocenters. The number of aliphatic hydroxyl groups is 1. The van der Waals surface area contributed by atoms with Gasteiger partial charge in [0.1, 0.15) is 0 Å². The van der Waals surface area contributed by atoms with Crippen LogP contribution in [0.3, 0.4) is 0 Å². The lowest BCUT2D eigenvalue weighted by Crippen LogP contribution is -2.67. The molecule has 1 saturated heterocycles. The lowest BCUT2D eigenvalue weighted by atomic mass is 9.31. The molecule has 182 valence electrons. The molecule has 0 aromatic rings. The minimum atomic E-state index is -0.122. The van der Waals surface area contributed by atoms with Gasteiger partial charge in [0.05, 0.1) is 18.8 Å². The summed E-state index contributed by atoms with van der Waals surface area (Å²) in [5, 5.41) is 10.9. The summed E-state index contributed by atoms with van der Waals surface area (Å²) >= 11 is 0. The summed E-state index contributed by atoms with van der Waals surface area (Å²) in [6, 6.07) is 0. The number of fused-ring (bicyclic) bond motifs is 5. The standard InChI is InChI=1S/C30H50O2/c1-25(2)14-16-30-17-15-28(6)19(23(30)24(25)32-18-30)8-9-21-27(5)12-11-22(31)26(3,4)20(27)10-13-29(21,28)7/h19-24,31H,8-18H2,1-7H3/t19-,20+,21-,22+,23?,24-,27+,28-,29-,30-/m1/s1.